The number of aryl methyl sites for hydroxylation is 2. The quantitative estimate of drug-likeness (QED) is 0.143. The van der Waals surface area contributed by atoms with Crippen LogP contribution in [-0.2, 0) is 33.7 Å². The molecule has 0 radical (unpaired) electrons. The fourth-order valence-electron chi connectivity index (χ4n) is 5.97. The van der Waals surface area contributed by atoms with Crippen molar-refractivity contribution < 1.29 is 28.6 Å². The molecule has 0 fully saturated rings. The summed E-state index contributed by atoms with van der Waals surface area (Å²) >= 11 is 1.75. The molecular formula is C36H55FN4O5S. The van der Waals surface area contributed by atoms with Crippen LogP contribution in [0.4, 0.5) is 9.18 Å². The number of fused-ring (bicyclic) bond motifs is 2. The molecule has 0 spiro atoms. The van der Waals surface area contributed by atoms with Gasteiger partial charge in [-0.25, -0.2) is 14.2 Å². The first-order valence-corrected chi connectivity index (χ1v) is 17.2. The summed E-state index contributed by atoms with van der Waals surface area (Å²) in [5.74, 6) is -0.527. The Morgan fingerprint density at radius 3 is 2.30 bits per heavy atom. The second-order valence-electron chi connectivity index (χ2n) is 11.8. The number of amides is 1. The second kappa shape index (κ2) is 18.8. The van der Waals surface area contributed by atoms with Gasteiger partial charge in [-0.3, -0.25) is 9.59 Å². The number of benzene rings is 1. The molecule has 1 atom stereocenters. The highest BCUT2D eigenvalue weighted by molar-refractivity contribution is 8.01. The molecule has 0 saturated heterocycles. The van der Waals surface area contributed by atoms with Gasteiger partial charge in [0.25, 0.3) is 0 Å². The third kappa shape index (κ3) is 10.3. The van der Waals surface area contributed by atoms with Gasteiger partial charge >= 0.3 is 6.16 Å². The summed E-state index contributed by atoms with van der Waals surface area (Å²) in [5, 5.41) is 13.2. The highest BCUT2D eigenvalue weighted by atomic mass is 32.2. The van der Waals surface area contributed by atoms with Crippen LogP contribution >= 0.6 is 11.8 Å². The van der Waals surface area contributed by atoms with Gasteiger partial charge in [0.15, 0.2) is 0 Å². The number of likely N-dealkylation sites (N-methyl/N-ethyl adjacent to an activating group) is 1. The van der Waals surface area contributed by atoms with Crippen LogP contribution in [0.15, 0.2) is 23.3 Å². The molecule has 2 aromatic rings. The average Bonchev–Trinajstić information content (AvgIpc) is 3.32. The summed E-state index contributed by atoms with van der Waals surface area (Å²) in [6.45, 7) is 20.2. The summed E-state index contributed by atoms with van der Waals surface area (Å²) in [7, 11) is 3.71. The van der Waals surface area contributed by atoms with Crippen molar-refractivity contribution in [2.45, 2.75) is 111 Å². The van der Waals surface area contributed by atoms with Crippen LogP contribution in [0.25, 0.3) is 16.6 Å². The van der Waals surface area contributed by atoms with Gasteiger partial charge in [-0.15, -0.1) is 0 Å². The lowest BCUT2D eigenvalue weighted by molar-refractivity contribution is -0.120. The molecule has 9 nitrogen and oxygen atoms in total. The average molecular weight is 675 g/mol. The Morgan fingerprint density at radius 1 is 1.19 bits per heavy atom. The highest BCUT2D eigenvalue weighted by Gasteiger charge is 2.34. The number of nitrogens with zero attached hydrogens (tertiary/aromatic N) is 2. The predicted octanol–water partition coefficient (Wildman–Crippen LogP) is 7.20. The van der Waals surface area contributed by atoms with E-state index >= 15 is 0 Å². The van der Waals surface area contributed by atoms with Gasteiger partial charge in [0, 0.05) is 40.9 Å². The van der Waals surface area contributed by atoms with E-state index in [0.717, 1.165) is 47.2 Å². The standard InChI is InChI=1S/C23H23FN2O4.C9H20N2OS.2C2H6/c1-12(14(10-27)11-30-23(28)29)7-20-22-17(9-26(20)3)16-6-4-5-15-13(2)18(24)8-19(25-22)21(15)16;1-6(2)13-9(3,4)7(11-5)8(10)12;2*1-2/h7-8,10H,4-6,9,11H2,1-3H3,(H,28,29);6-7,11H,1-5H3,(H2,10,12);2*1-2H3/b14-12+,20-7-;;;. The number of ether oxygens (including phenoxy) is 1. The number of carbonyl (C=O) groups excluding carboxylic acids is 2. The third-order valence-electron chi connectivity index (χ3n) is 7.88. The van der Waals surface area contributed by atoms with Gasteiger partial charge in [-0.1, -0.05) is 41.5 Å². The maximum atomic E-state index is 14.5. The molecule has 1 aliphatic heterocycles. The van der Waals surface area contributed by atoms with Crippen molar-refractivity contribution in [1.29, 1.82) is 0 Å². The number of pyridine rings is 1. The molecule has 0 bridgehead atoms. The molecule has 1 aromatic heterocycles. The minimum atomic E-state index is -1.43. The lowest BCUT2D eigenvalue weighted by Gasteiger charge is -2.32. The number of carboxylic acid groups (broad SMARTS) is 1. The van der Waals surface area contributed by atoms with E-state index in [0.29, 0.717) is 34.7 Å². The van der Waals surface area contributed by atoms with E-state index in [9.17, 15) is 18.8 Å². The summed E-state index contributed by atoms with van der Waals surface area (Å²) < 4.78 is 18.9. The molecule has 2 heterocycles. The van der Waals surface area contributed by atoms with E-state index in [1.807, 2.05) is 61.6 Å². The molecule has 11 heteroatoms. The Bertz CT molecular complexity index is 1490. The van der Waals surface area contributed by atoms with Crippen LogP contribution in [0, 0.1) is 12.7 Å². The van der Waals surface area contributed by atoms with Gasteiger partial charge in [0.1, 0.15) is 24.8 Å². The summed E-state index contributed by atoms with van der Waals surface area (Å²) in [6.07, 6.45) is 3.76. The fourth-order valence-corrected chi connectivity index (χ4v) is 7.56. The first-order valence-electron chi connectivity index (χ1n) is 16.3. The topological polar surface area (TPSA) is 135 Å². The highest BCUT2D eigenvalue weighted by Crippen LogP contribution is 2.41. The Hall–Kier alpha value is -3.44. The first kappa shape index (κ1) is 41.6. The summed E-state index contributed by atoms with van der Waals surface area (Å²) in [6, 6.07) is 1.24. The van der Waals surface area contributed by atoms with Crippen molar-refractivity contribution in [3.8, 4) is 0 Å². The SMILES string of the molecule is CC.CC.CC(/C=C1/c2nc3cc(F)c(C)c4c3c(c2CN1C)CCC4)=C(/C=O)COC(=O)O.CNC(C(N)=O)C(C)(C)SC(C)C. The second-order valence-corrected chi connectivity index (χ2v) is 14.0. The summed E-state index contributed by atoms with van der Waals surface area (Å²) in [4.78, 5) is 40.0. The lowest BCUT2D eigenvalue weighted by atomic mass is 9.85. The molecule has 0 saturated carbocycles. The Kier molecular flexibility index (Phi) is 16.6. The number of hydrogen-bond donors (Lipinski definition) is 3. The van der Waals surface area contributed by atoms with E-state index in [-0.39, 0.29) is 34.7 Å². The minimum absolute atomic E-state index is 0.158. The monoisotopic (exact) mass is 674 g/mol. The molecule has 4 rings (SSSR count). The molecule has 47 heavy (non-hydrogen) atoms. The number of nitrogens with two attached hydrogens (primary N) is 1. The van der Waals surface area contributed by atoms with Crippen LogP contribution in [0.2, 0.25) is 0 Å². The van der Waals surface area contributed by atoms with Gasteiger partial charge in [0.05, 0.1) is 16.9 Å². The van der Waals surface area contributed by atoms with Gasteiger partial charge in [-0.05, 0) is 87.6 Å². The zero-order valence-electron chi connectivity index (χ0n) is 30.3. The number of halogens is 1. The first-order chi connectivity index (χ1) is 22.1. The van der Waals surface area contributed by atoms with Crippen molar-refractivity contribution in [3.63, 3.8) is 0 Å². The zero-order valence-corrected chi connectivity index (χ0v) is 31.1. The van der Waals surface area contributed by atoms with Crippen molar-refractivity contribution in [2.75, 3.05) is 20.7 Å². The predicted molar refractivity (Wildman–Crippen MR) is 192 cm³/mol. The van der Waals surface area contributed by atoms with Crippen LogP contribution < -0.4 is 11.1 Å². The van der Waals surface area contributed by atoms with Gasteiger partial charge in [0.2, 0.25) is 5.91 Å². The number of hydrogen-bond acceptors (Lipinski definition) is 8. The van der Waals surface area contributed by atoms with E-state index in [4.69, 9.17) is 15.8 Å². The zero-order chi connectivity index (χ0) is 36.2. The van der Waals surface area contributed by atoms with Crippen LogP contribution in [0.5, 0.6) is 0 Å². The Morgan fingerprint density at radius 2 is 1.79 bits per heavy atom. The van der Waals surface area contributed by atoms with Crippen LogP contribution in [0.1, 0.15) is 96.7 Å². The third-order valence-corrected chi connectivity index (χ3v) is 9.19. The van der Waals surface area contributed by atoms with Crippen LogP contribution in [-0.4, -0.2) is 70.1 Å². The smallest absolute Gasteiger partial charge is 0.450 e. The number of thioether (sulfide) groups is 1. The number of primary amides is 1. The van der Waals surface area contributed by atoms with Crippen LogP contribution in [0.3, 0.4) is 0 Å². The molecular weight excluding hydrogens is 619 g/mol. The number of nitrogens with one attached hydrogen (secondary N) is 1. The number of aromatic nitrogens is 1. The number of carbonyl (C=O) groups is 3. The van der Waals surface area contributed by atoms with E-state index in [1.54, 1.807) is 25.7 Å². The van der Waals surface area contributed by atoms with Crippen molar-refractivity contribution in [3.05, 3.63) is 57.1 Å². The molecule has 262 valence electrons. The molecule has 1 aliphatic carbocycles. The fraction of sp³-hybridized carbons (Fsp3) is 0.556. The molecule has 2 aliphatic rings. The van der Waals surface area contributed by atoms with E-state index in [1.165, 1.54) is 11.6 Å². The number of allylic oxidation sites excluding steroid dienone is 2. The van der Waals surface area contributed by atoms with E-state index in [2.05, 4.69) is 28.8 Å². The van der Waals surface area contributed by atoms with Gasteiger partial charge < -0.3 is 25.8 Å². The molecule has 1 amide bonds. The largest absolute Gasteiger partial charge is 0.506 e. The van der Waals surface area contributed by atoms with Crippen molar-refractivity contribution >= 4 is 46.7 Å². The van der Waals surface area contributed by atoms with Gasteiger partial charge in [-0.2, -0.15) is 11.8 Å². The minimum Gasteiger partial charge on any atom is -0.450 e. The maximum absolute atomic E-state index is 14.5. The number of aldehydes is 1. The maximum Gasteiger partial charge on any atom is 0.506 e. The number of rotatable bonds is 9. The summed E-state index contributed by atoms with van der Waals surface area (Å²) in [5.41, 5.74) is 12.6. The normalized spacial score (nSPS) is 15.3. The van der Waals surface area contributed by atoms with Crippen molar-refractivity contribution in [1.82, 2.24) is 15.2 Å². The van der Waals surface area contributed by atoms with E-state index < -0.39 is 6.16 Å². The van der Waals surface area contributed by atoms with Crippen molar-refractivity contribution in [2.24, 2.45) is 5.73 Å². The Balaban J connectivity index is 0.000000550. The molecule has 1 unspecified atom stereocenters. The lowest BCUT2D eigenvalue weighted by Crippen LogP contribution is -2.52. The molecule has 4 N–H and O–H groups in total. The Labute approximate surface area is 284 Å². The molecule has 1 aromatic carbocycles.